The van der Waals surface area contributed by atoms with Crippen LogP contribution < -0.4 is 9.62 Å². The Morgan fingerprint density at radius 3 is 2.31 bits per heavy atom. The van der Waals surface area contributed by atoms with Gasteiger partial charge in [0.05, 0.1) is 11.4 Å². The summed E-state index contributed by atoms with van der Waals surface area (Å²) < 4.78 is 52.1. The number of para-hydroxylation sites is 1. The van der Waals surface area contributed by atoms with E-state index in [1.54, 1.807) is 24.3 Å². The standard InChI is InChI=1S/C18H16F2N2O3S/c19-15-3-1-4-16(20)18(15)21-17(23)10-7-13-5-8-14(9-6-13)22-11-2-12-26(22,24)25/h1,3-10H,2,11-12H2,(H,21,23)/b10-7+. The Labute approximate surface area is 150 Å². The van der Waals surface area contributed by atoms with E-state index < -0.39 is 33.3 Å². The number of nitrogens with one attached hydrogen (secondary N) is 1. The van der Waals surface area contributed by atoms with Crippen molar-refractivity contribution in [2.24, 2.45) is 0 Å². The molecule has 0 aliphatic carbocycles. The number of sulfonamides is 1. The molecule has 1 aliphatic rings. The summed E-state index contributed by atoms with van der Waals surface area (Å²) in [5, 5.41) is 2.15. The maximum atomic E-state index is 13.5. The second-order valence-corrected chi connectivity index (χ2v) is 7.77. The molecule has 0 saturated carbocycles. The summed E-state index contributed by atoms with van der Waals surface area (Å²) >= 11 is 0. The molecular weight excluding hydrogens is 362 g/mol. The average Bonchev–Trinajstić information content (AvgIpc) is 2.96. The van der Waals surface area contributed by atoms with Gasteiger partial charge in [-0.05, 0) is 42.3 Å². The molecular formula is C18H16F2N2O3S. The molecule has 2 aromatic rings. The van der Waals surface area contributed by atoms with E-state index in [9.17, 15) is 22.0 Å². The van der Waals surface area contributed by atoms with Crippen molar-refractivity contribution in [3.63, 3.8) is 0 Å². The number of benzene rings is 2. The zero-order valence-electron chi connectivity index (χ0n) is 13.7. The first-order valence-electron chi connectivity index (χ1n) is 7.90. The number of carbonyl (C=O) groups excluding carboxylic acids is 1. The summed E-state index contributed by atoms with van der Waals surface area (Å²) in [7, 11) is -3.24. The molecule has 1 heterocycles. The minimum absolute atomic E-state index is 0.140. The lowest BCUT2D eigenvalue weighted by Gasteiger charge is -2.16. The number of halogens is 2. The number of nitrogens with zero attached hydrogens (tertiary/aromatic N) is 1. The Hall–Kier alpha value is -2.74. The molecule has 0 aromatic heterocycles. The van der Waals surface area contributed by atoms with Gasteiger partial charge in [-0.15, -0.1) is 0 Å². The molecule has 3 rings (SSSR count). The van der Waals surface area contributed by atoms with Crippen molar-refractivity contribution in [1.29, 1.82) is 0 Å². The highest BCUT2D eigenvalue weighted by atomic mass is 32.2. The minimum Gasteiger partial charge on any atom is -0.318 e. The molecule has 1 saturated heterocycles. The number of amides is 1. The number of carbonyl (C=O) groups is 1. The molecule has 1 N–H and O–H groups in total. The van der Waals surface area contributed by atoms with Crippen LogP contribution in [0.15, 0.2) is 48.5 Å². The smallest absolute Gasteiger partial charge is 0.248 e. The normalized spacial score (nSPS) is 16.2. The lowest BCUT2D eigenvalue weighted by molar-refractivity contribution is -0.111. The molecule has 136 valence electrons. The van der Waals surface area contributed by atoms with E-state index in [1.165, 1.54) is 16.4 Å². The van der Waals surface area contributed by atoms with E-state index in [1.807, 2.05) is 0 Å². The third-order valence-electron chi connectivity index (χ3n) is 3.92. The fourth-order valence-corrected chi connectivity index (χ4v) is 4.20. The summed E-state index contributed by atoms with van der Waals surface area (Å²) in [6, 6.07) is 9.93. The van der Waals surface area contributed by atoms with Crippen molar-refractivity contribution >= 4 is 33.4 Å². The fraction of sp³-hybridized carbons (Fsp3) is 0.167. The van der Waals surface area contributed by atoms with E-state index in [0.29, 0.717) is 24.2 Å². The monoisotopic (exact) mass is 378 g/mol. The molecule has 8 heteroatoms. The predicted octanol–water partition coefficient (Wildman–Crippen LogP) is 3.16. The van der Waals surface area contributed by atoms with Crippen molar-refractivity contribution in [3.8, 4) is 0 Å². The van der Waals surface area contributed by atoms with Gasteiger partial charge in [0, 0.05) is 12.6 Å². The van der Waals surface area contributed by atoms with Crippen LogP contribution in [0.25, 0.3) is 6.08 Å². The van der Waals surface area contributed by atoms with Crippen molar-refractivity contribution in [2.45, 2.75) is 6.42 Å². The predicted molar refractivity (Wildman–Crippen MR) is 96.2 cm³/mol. The van der Waals surface area contributed by atoms with Crippen LogP contribution in [0.4, 0.5) is 20.2 Å². The van der Waals surface area contributed by atoms with Gasteiger partial charge in [0.1, 0.15) is 17.3 Å². The SMILES string of the molecule is O=C(/C=C/c1ccc(N2CCCS2(=O)=O)cc1)Nc1c(F)cccc1F. The number of hydrogen-bond donors (Lipinski definition) is 1. The van der Waals surface area contributed by atoms with Crippen LogP contribution in [0.1, 0.15) is 12.0 Å². The lowest BCUT2D eigenvalue weighted by atomic mass is 10.2. The fourth-order valence-electron chi connectivity index (χ4n) is 2.64. The lowest BCUT2D eigenvalue weighted by Crippen LogP contribution is -2.24. The van der Waals surface area contributed by atoms with Crippen LogP contribution in [0.5, 0.6) is 0 Å². The molecule has 5 nitrogen and oxygen atoms in total. The second kappa shape index (κ2) is 7.25. The highest BCUT2D eigenvalue weighted by Crippen LogP contribution is 2.24. The second-order valence-electron chi connectivity index (χ2n) is 5.75. The van der Waals surface area contributed by atoms with Crippen LogP contribution in [-0.2, 0) is 14.8 Å². The van der Waals surface area contributed by atoms with Gasteiger partial charge < -0.3 is 5.32 Å². The molecule has 0 spiro atoms. The third kappa shape index (κ3) is 3.91. The van der Waals surface area contributed by atoms with E-state index in [4.69, 9.17) is 0 Å². The van der Waals surface area contributed by atoms with Gasteiger partial charge >= 0.3 is 0 Å². The molecule has 0 bridgehead atoms. The zero-order valence-corrected chi connectivity index (χ0v) is 14.5. The summed E-state index contributed by atoms with van der Waals surface area (Å²) in [6.07, 6.45) is 3.21. The molecule has 1 aliphatic heterocycles. The maximum absolute atomic E-state index is 13.5. The van der Waals surface area contributed by atoms with Crippen LogP contribution in [0.2, 0.25) is 0 Å². The Kier molecular flexibility index (Phi) is 5.03. The summed E-state index contributed by atoms with van der Waals surface area (Å²) in [4.78, 5) is 11.8. The summed E-state index contributed by atoms with van der Waals surface area (Å²) in [5.41, 5.74) is 0.712. The zero-order chi connectivity index (χ0) is 18.7. The Bertz CT molecular complexity index is 937. The van der Waals surface area contributed by atoms with E-state index in [-0.39, 0.29) is 5.75 Å². The summed E-state index contributed by atoms with van der Waals surface area (Å²) in [6.45, 7) is 0.453. The van der Waals surface area contributed by atoms with Crippen LogP contribution in [0.3, 0.4) is 0 Å². The van der Waals surface area contributed by atoms with Crippen molar-refractivity contribution in [3.05, 3.63) is 65.7 Å². The Morgan fingerprint density at radius 2 is 1.73 bits per heavy atom. The molecule has 0 unspecified atom stereocenters. The molecule has 0 radical (unpaired) electrons. The Balaban J connectivity index is 1.68. The largest absolute Gasteiger partial charge is 0.318 e. The quantitative estimate of drug-likeness (QED) is 0.831. The molecule has 1 fully saturated rings. The van der Waals surface area contributed by atoms with Gasteiger partial charge in [-0.2, -0.15) is 0 Å². The van der Waals surface area contributed by atoms with E-state index in [2.05, 4.69) is 5.32 Å². The van der Waals surface area contributed by atoms with Crippen LogP contribution in [0, 0.1) is 11.6 Å². The number of anilines is 2. The van der Waals surface area contributed by atoms with Gasteiger partial charge in [-0.25, -0.2) is 17.2 Å². The van der Waals surface area contributed by atoms with Gasteiger partial charge in [0.25, 0.3) is 0 Å². The number of hydrogen-bond acceptors (Lipinski definition) is 3. The van der Waals surface area contributed by atoms with Gasteiger partial charge in [0.2, 0.25) is 15.9 Å². The first-order valence-corrected chi connectivity index (χ1v) is 9.51. The highest BCUT2D eigenvalue weighted by Gasteiger charge is 2.28. The first kappa shape index (κ1) is 18.1. The van der Waals surface area contributed by atoms with Crippen molar-refractivity contribution in [2.75, 3.05) is 21.9 Å². The minimum atomic E-state index is -3.24. The van der Waals surface area contributed by atoms with Gasteiger partial charge in [-0.1, -0.05) is 18.2 Å². The molecule has 26 heavy (non-hydrogen) atoms. The van der Waals surface area contributed by atoms with E-state index in [0.717, 1.165) is 18.2 Å². The molecule has 2 aromatic carbocycles. The molecule has 1 amide bonds. The third-order valence-corrected chi connectivity index (χ3v) is 5.79. The van der Waals surface area contributed by atoms with Gasteiger partial charge in [0.15, 0.2) is 0 Å². The van der Waals surface area contributed by atoms with Crippen molar-refractivity contribution in [1.82, 2.24) is 0 Å². The van der Waals surface area contributed by atoms with Gasteiger partial charge in [-0.3, -0.25) is 9.10 Å². The first-order chi connectivity index (χ1) is 12.4. The highest BCUT2D eigenvalue weighted by molar-refractivity contribution is 7.93. The molecule has 0 atom stereocenters. The van der Waals surface area contributed by atoms with E-state index >= 15 is 0 Å². The topological polar surface area (TPSA) is 66.5 Å². The van der Waals surface area contributed by atoms with Crippen LogP contribution >= 0.6 is 0 Å². The number of rotatable bonds is 4. The van der Waals surface area contributed by atoms with Crippen LogP contribution in [-0.4, -0.2) is 26.6 Å². The summed E-state index contributed by atoms with van der Waals surface area (Å²) in [5.74, 6) is -2.26. The average molecular weight is 378 g/mol. The Morgan fingerprint density at radius 1 is 1.08 bits per heavy atom. The van der Waals surface area contributed by atoms with Crippen molar-refractivity contribution < 1.29 is 22.0 Å². The maximum Gasteiger partial charge on any atom is 0.248 e.